The van der Waals surface area contributed by atoms with Crippen LogP contribution in [0.3, 0.4) is 0 Å². The molecule has 2 aliphatic heterocycles. The quantitative estimate of drug-likeness (QED) is 0.780. The van der Waals surface area contributed by atoms with Crippen LogP contribution in [0.5, 0.6) is 0 Å². The second kappa shape index (κ2) is 4.78. The van der Waals surface area contributed by atoms with Gasteiger partial charge in [-0.25, -0.2) is 0 Å². The molecular weight excluding hydrogens is 246 g/mol. The van der Waals surface area contributed by atoms with Gasteiger partial charge >= 0.3 is 11.9 Å². The van der Waals surface area contributed by atoms with Gasteiger partial charge in [-0.3, -0.25) is 9.59 Å². The Hall–Kier alpha value is -1.10. The van der Waals surface area contributed by atoms with Crippen molar-refractivity contribution >= 4 is 11.9 Å². The van der Waals surface area contributed by atoms with Crippen molar-refractivity contribution in [1.82, 2.24) is 4.90 Å². The fourth-order valence-corrected chi connectivity index (χ4v) is 3.79. The number of fused-ring (bicyclic) bond motifs is 2. The molecule has 3 fully saturated rings. The number of aliphatic carboxylic acids is 1. The number of hydrogen-bond donors (Lipinski definition) is 1. The Bertz CT molecular complexity index is 383. The fourth-order valence-electron chi connectivity index (χ4n) is 3.79. The Labute approximate surface area is 112 Å². The summed E-state index contributed by atoms with van der Waals surface area (Å²) in [6.07, 6.45) is 5.46. The lowest BCUT2D eigenvalue weighted by molar-refractivity contribution is -0.170. The normalized spacial score (nSPS) is 41.6. The van der Waals surface area contributed by atoms with E-state index < -0.39 is 17.8 Å². The zero-order chi connectivity index (χ0) is 13.6. The smallest absolute Gasteiger partial charge is 0.310 e. The number of nitrogens with zero attached hydrogens (tertiary/aromatic N) is 1. The van der Waals surface area contributed by atoms with Crippen molar-refractivity contribution in [3.8, 4) is 0 Å². The minimum Gasteiger partial charge on any atom is -0.481 e. The minimum absolute atomic E-state index is 0.00348. The zero-order valence-corrected chi connectivity index (χ0v) is 11.2. The van der Waals surface area contributed by atoms with E-state index in [0.29, 0.717) is 24.9 Å². The number of ether oxygens (including phenoxy) is 1. The van der Waals surface area contributed by atoms with Gasteiger partial charge in [0.1, 0.15) is 6.10 Å². The first-order valence-corrected chi connectivity index (χ1v) is 7.21. The highest BCUT2D eigenvalue weighted by atomic mass is 16.5. The van der Waals surface area contributed by atoms with Crippen LogP contribution in [0.4, 0.5) is 0 Å². The first-order chi connectivity index (χ1) is 9.06. The minimum atomic E-state index is -0.864. The molecule has 106 valence electrons. The van der Waals surface area contributed by atoms with Crippen LogP contribution in [0, 0.1) is 11.8 Å². The van der Waals surface area contributed by atoms with E-state index in [-0.39, 0.29) is 12.1 Å². The topological polar surface area (TPSA) is 66.8 Å². The summed E-state index contributed by atoms with van der Waals surface area (Å²) in [4.78, 5) is 25.4. The Morgan fingerprint density at radius 3 is 2.11 bits per heavy atom. The molecule has 0 aromatic carbocycles. The maximum absolute atomic E-state index is 12.0. The molecule has 0 amide bonds. The third kappa shape index (κ3) is 2.24. The van der Waals surface area contributed by atoms with Crippen LogP contribution in [0.1, 0.15) is 38.5 Å². The second-order valence-corrected chi connectivity index (χ2v) is 6.21. The maximum atomic E-state index is 12.0. The molecule has 5 heteroatoms. The SMILES string of the molecule is CN1[C@@H]2CC[C@H]1CC(OC(=O)C1CCC1C(=O)O)C2. The van der Waals surface area contributed by atoms with Crippen LogP contribution in [0.25, 0.3) is 0 Å². The third-order valence-electron chi connectivity index (χ3n) is 5.23. The molecule has 5 atom stereocenters. The predicted molar refractivity (Wildman–Crippen MR) is 67.5 cm³/mol. The van der Waals surface area contributed by atoms with Gasteiger partial charge < -0.3 is 14.7 Å². The number of carbonyl (C=O) groups is 2. The third-order valence-corrected chi connectivity index (χ3v) is 5.23. The highest BCUT2D eigenvalue weighted by molar-refractivity contribution is 5.83. The van der Waals surface area contributed by atoms with E-state index in [4.69, 9.17) is 9.84 Å². The first kappa shape index (κ1) is 12.9. The largest absolute Gasteiger partial charge is 0.481 e. The average Bonchev–Trinajstić information content (AvgIpc) is 2.51. The Morgan fingerprint density at radius 2 is 1.63 bits per heavy atom. The molecule has 0 aromatic rings. The van der Waals surface area contributed by atoms with E-state index in [9.17, 15) is 9.59 Å². The molecule has 1 aliphatic carbocycles. The van der Waals surface area contributed by atoms with E-state index in [0.717, 1.165) is 12.8 Å². The molecule has 1 N–H and O–H groups in total. The maximum Gasteiger partial charge on any atom is 0.310 e. The van der Waals surface area contributed by atoms with Crippen molar-refractivity contribution in [3.05, 3.63) is 0 Å². The van der Waals surface area contributed by atoms with E-state index in [2.05, 4.69) is 11.9 Å². The van der Waals surface area contributed by atoms with Crippen molar-refractivity contribution in [2.75, 3.05) is 7.05 Å². The van der Waals surface area contributed by atoms with Gasteiger partial charge in [0.2, 0.25) is 0 Å². The summed E-state index contributed by atoms with van der Waals surface area (Å²) in [6, 6.07) is 1.07. The molecule has 0 aromatic heterocycles. The summed E-state index contributed by atoms with van der Waals surface area (Å²) >= 11 is 0. The van der Waals surface area contributed by atoms with E-state index in [1.54, 1.807) is 0 Å². The van der Waals surface area contributed by atoms with Crippen LogP contribution in [-0.2, 0) is 14.3 Å². The lowest BCUT2D eigenvalue weighted by Gasteiger charge is -2.38. The number of hydrogen-bond acceptors (Lipinski definition) is 4. The average molecular weight is 267 g/mol. The number of carboxylic acid groups (broad SMARTS) is 1. The lowest BCUT2D eigenvalue weighted by Crippen LogP contribution is -2.46. The van der Waals surface area contributed by atoms with Crippen LogP contribution < -0.4 is 0 Å². The molecule has 5 nitrogen and oxygen atoms in total. The molecule has 2 bridgehead atoms. The predicted octanol–water partition coefficient (Wildman–Crippen LogP) is 1.27. The van der Waals surface area contributed by atoms with Crippen molar-refractivity contribution in [3.63, 3.8) is 0 Å². The molecule has 19 heavy (non-hydrogen) atoms. The molecule has 1 saturated carbocycles. The molecule has 3 unspecified atom stereocenters. The van der Waals surface area contributed by atoms with Crippen LogP contribution in [0.2, 0.25) is 0 Å². The summed E-state index contributed by atoms with van der Waals surface area (Å²) in [5.74, 6) is -2.07. The molecule has 3 aliphatic rings. The summed E-state index contributed by atoms with van der Waals surface area (Å²) in [7, 11) is 2.15. The Kier molecular flexibility index (Phi) is 3.25. The van der Waals surface area contributed by atoms with E-state index >= 15 is 0 Å². The van der Waals surface area contributed by atoms with Gasteiger partial charge in [-0.05, 0) is 45.6 Å². The van der Waals surface area contributed by atoms with Crippen molar-refractivity contribution in [2.45, 2.75) is 56.7 Å². The number of esters is 1. The number of piperidine rings is 1. The molecule has 0 spiro atoms. The molecule has 2 heterocycles. The van der Waals surface area contributed by atoms with Crippen molar-refractivity contribution in [2.24, 2.45) is 11.8 Å². The van der Waals surface area contributed by atoms with Crippen LogP contribution >= 0.6 is 0 Å². The Morgan fingerprint density at radius 1 is 1.05 bits per heavy atom. The van der Waals surface area contributed by atoms with Gasteiger partial charge in [-0.2, -0.15) is 0 Å². The molecular formula is C14H21NO4. The van der Waals surface area contributed by atoms with Crippen LogP contribution in [0.15, 0.2) is 0 Å². The van der Waals surface area contributed by atoms with Gasteiger partial charge in [0.15, 0.2) is 0 Å². The van der Waals surface area contributed by atoms with Crippen molar-refractivity contribution in [1.29, 1.82) is 0 Å². The Balaban J connectivity index is 1.55. The summed E-state index contributed by atoms with van der Waals surface area (Å²) in [6.45, 7) is 0. The van der Waals surface area contributed by atoms with E-state index in [1.165, 1.54) is 12.8 Å². The van der Waals surface area contributed by atoms with Gasteiger partial charge in [0, 0.05) is 12.1 Å². The number of carboxylic acids is 1. The van der Waals surface area contributed by atoms with E-state index in [1.807, 2.05) is 0 Å². The highest BCUT2D eigenvalue weighted by Gasteiger charge is 2.45. The van der Waals surface area contributed by atoms with Gasteiger partial charge in [0.25, 0.3) is 0 Å². The van der Waals surface area contributed by atoms with Crippen LogP contribution in [-0.4, -0.2) is 47.2 Å². The molecule has 0 radical (unpaired) electrons. The monoisotopic (exact) mass is 267 g/mol. The second-order valence-electron chi connectivity index (χ2n) is 6.21. The summed E-state index contributed by atoms with van der Waals surface area (Å²) in [5.41, 5.74) is 0. The van der Waals surface area contributed by atoms with Gasteiger partial charge in [-0.15, -0.1) is 0 Å². The molecule has 2 saturated heterocycles. The van der Waals surface area contributed by atoms with Crippen molar-refractivity contribution < 1.29 is 19.4 Å². The van der Waals surface area contributed by atoms with Gasteiger partial charge in [0.05, 0.1) is 11.8 Å². The molecule has 3 rings (SSSR count). The fraction of sp³-hybridized carbons (Fsp3) is 0.857. The van der Waals surface area contributed by atoms with Gasteiger partial charge in [-0.1, -0.05) is 0 Å². The number of carbonyl (C=O) groups excluding carboxylic acids is 1. The zero-order valence-electron chi connectivity index (χ0n) is 11.2. The standard InChI is InChI=1S/C14H21NO4/c1-15-8-2-3-9(15)7-10(6-8)19-14(18)12-5-4-11(12)13(16)17/h8-12H,2-7H2,1H3,(H,16,17)/t8-,9+,10?,11?,12?. The lowest BCUT2D eigenvalue weighted by atomic mass is 9.74. The summed E-state index contributed by atoms with van der Waals surface area (Å²) < 4.78 is 5.58. The summed E-state index contributed by atoms with van der Waals surface area (Å²) in [5, 5.41) is 8.97. The first-order valence-electron chi connectivity index (χ1n) is 7.21. The number of rotatable bonds is 3. The highest BCUT2D eigenvalue weighted by Crippen LogP contribution is 2.39.